The zero-order chi connectivity index (χ0) is 26.1. The van der Waals surface area contributed by atoms with Gasteiger partial charge in [-0.2, -0.15) is 4.98 Å². The van der Waals surface area contributed by atoms with Gasteiger partial charge in [0.2, 0.25) is 11.8 Å². The average Bonchev–Trinajstić information content (AvgIpc) is 3.08. The smallest absolute Gasteiger partial charge is 0.264 e. The summed E-state index contributed by atoms with van der Waals surface area (Å²) in [6.45, 7) is 9.84. The third-order valence-electron chi connectivity index (χ3n) is 6.48. The molecule has 2 heterocycles. The van der Waals surface area contributed by atoms with Crippen LogP contribution in [0.15, 0.2) is 53.4 Å². The SMILES string of the molecule is Cc1cccc(C)c1-c1cc(OCC2CC(C)(C)CN2C)nc(NS(=O)(=O)c2cccc(C=O)c2)n1. The van der Waals surface area contributed by atoms with Crippen molar-refractivity contribution in [2.75, 3.05) is 24.9 Å². The number of ether oxygens (including phenoxy) is 1. The summed E-state index contributed by atoms with van der Waals surface area (Å²) in [6.07, 6.45) is 1.59. The first kappa shape index (κ1) is 25.8. The highest BCUT2D eigenvalue weighted by atomic mass is 32.2. The van der Waals surface area contributed by atoms with Crippen LogP contribution >= 0.6 is 0 Å². The van der Waals surface area contributed by atoms with Crippen LogP contribution in [0.1, 0.15) is 41.8 Å². The Morgan fingerprint density at radius 1 is 1.11 bits per heavy atom. The van der Waals surface area contributed by atoms with Crippen molar-refractivity contribution in [3.8, 4) is 17.1 Å². The van der Waals surface area contributed by atoms with Crippen molar-refractivity contribution in [2.45, 2.75) is 45.1 Å². The van der Waals surface area contributed by atoms with Crippen LogP contribution in [-0.4, -0.2) is 55.8 Å². The van der Waals surface area contributed by atoms with Gasteiger partial charge in [0.1, 0.15) is 12.9 Å². The predicted molar refractivity (Wildman–Crippen MR) is 140 cm³/mol. The number of carbonyl (C=O) groups is 1. The number of hydrogen-bond acceptors (Lipinski definition) is 7. The quantitative estimate of drug-likeness (QED) is 0.448. The van der Waals surface area contributed by atoms with Crippen LogP contribution < -0.4 is 9.46 Å². The van der Waals surface area contributed by atoms with Gasteiger partial charge in [0.15, 0.2) is 0 Å². The zero-order valence-electron chi connectivity index (χ0n) is 21.3. The molecule has 0 saturated carbocycles. The van der Waals surface area contributed by atoms with Crippen molar-refractivity contribution in [1.29, 1.82) is 0 Å². The highest BCUT2D eigenvalue weighted by Crippen LogP contribution is 2.34. The lowest BCUT2D eigenvalue weighted by Gasteiger charge is -2.20. The van der Waals surface area contributed by atoms with Crippen molar-refractivity contribution in [2.24, 2.45) is 5.41 Å². The van der Waals surface area contributed by atoms with Crippen LogP contribution in [0.5, 0.6) is 5.88 Å². The van der Waals surface area contributed by atoms with Gasteiger partial charge >= 0.3 is 0 Å². The molecule has 0 bridgehead atoms. The fourth-order valence-electron chi connectivity index (χ4n) is 4.86. The summed E-state index contributed by atoms with van der Waals surface area (Å²) in [7, 11) is -1.95. The van der Waals surface area contributed by atoms with Gasteiger partial charge in [0, 0.05) is 29.8 Å². The molecule has 0 spiro atoms. The molecule has 36 heavy (non-hydrogen) atoms. The van der Waals surface area contributed by atoms with E-state index in [0.717, 1.165) is 29.7 Å². The lowest BCUT2D eigenvalue weighted by atomic mass is 9.91. The Bertz CT molecular complexity index is 1370. The van der Waals surface area contributed by atoms with Gasteiger partial charge in [-0.1, -0.05) is 44.2 Å². The first-order valence-corrected chi connectivity index (χ1v) is 13.3. The molecule has 3 aromatic rings. The Morgan fingerprint density at radius 2 is 1.81 bits per heavy atom. The van der Waals surface area contributed by atoms with E-state index in [4.69, 9.17) is 4.74 Å². The normalized spacial score (nSPS) is 17.6. The molecule has 1 unspecified atom stereocenters. The highest BCUT2D eigenvalue weighted by Gasteiger charge is 2.35. The molecule has 9 heteroatoms. The monoisotopic (exact) mass is 508 g/mol. The Kier molecular flexibility index (Phi) is 7.15. The first-order valence-electron chi connectivity index (χ1n) is 11.8. The van der Waals surface area contributed by atoms with Crippen LogP contribution in [0.3, 0.4) is 0 Å². The predicted octanol–water partition coefficient (Wildman–Crippen LogP) is 4.48. The number of likely N-dealkylation sites (N-methyl/N-ethyl adjacent to an activating group) is 1. The molecule has 1 N–H and O–H groups in total. The van der Waals surface area contributed by atoms with E-state index in [1.165, 1.54) is 24.3 Å². The number of nitrogens with one attached hydrogen (secondary N) is 1. The second-order valence-electron chi connectivity index (χ2n) is 10.2. The van der Waals surface area contributed by atoms with Crippen LogP contribution in [0.4, 0.5) is 5.95 Å². The van der Waals surface area contributed by atoms with Gasteiger partial charge in [0.05, 0.1) is 10.6 Å². The lowest BCUT2D eigenvalue weighted by Crippen LogP contribution is -2.31. The first-order chi connectivity index (χ1) is 17.0. The molecule has 1 aliphatic heterocycles. The molecule has 190 valence electrons. The molecule has 1 fully saturated rings. The number of rotatable bonds is 8. The molecule has 0 radical (unpaired) electrons. The van der Waals surface area contributed by atoms with E-state index in [9.17, 15) is 13.2 Å². The van der Waals surface area contributed by atoms with Crippen LogP contribution in [0, 0.1) is 19.3 Å². The van der Waals surface area contributed by atoms with Gasteiger partial charge in [-0.05, 0) is 56.0 Å². The van der Waals surface area contributed by atoms with Gasteiger partial charge in [0.25, 0.3) is 10.0 Å². The number of hydrogen-bond donors (Lipinski definition) is 1. The maximum atomic E-state index is 13.1. The van der Waals surface area contributed by atoms with Crippen LogP contribution in [-0.2, 0) is 10.0 Å². The number of benzene rings is 2. The number of aromatic nitrogens is 2. The summed E-state index contributed by atoms with van der Waals surface area (Å²) >= 11 is 0. The molecular weight excluding hydrogens is 476 g/mol. The zero-order valence-corrected chi connectivity index (χ0v) is 22.1. The molecular formula is C27H32N4O4S. The molecule has 0 amide bonds. The summed E-state index contributed by atoms with van der Waals surface area (Å²) < 4.78 is 34.8. The second kappa shape index (κ2) is 9.99. The highest BCUT2D eigenvalue weighted by molar-refractivity contribution is 7.92. The van der Waals surface area contributed by atoms with Crippen molar-refractivity contribution in [1.82, 2.24) is 14.9 Å². The van der Waals surface area contributed by atoms with Gasteiger partial charge < -0.3 is 4.74 Å². The molecule has 4 rings (SSSR count). The fourth-order valence-corrected chi connectivity index (χ4v) is 5.85. The second-order valence-corrected chi connectivity index (χ2v) is 11.9. The average molecular weight is 509 g/mol. The third-order valence-corrected chi connectivity index (χ3v) is 7.81. The van der Waals surface area contributed by atoms with E-state index >= 15 is 0 Å². The van der Waals surface area contributed by atoms with E-state index in [1.54, 1.807) is 6.07 Å². The Hall–Kier alpha value is -3.30. The summed E-state index contributed by atoms with van der Waals surface area (Å²) in [5.74, 6) is 0.196. The van der Waals surface area contributed by atoms with Crippen LogP contribution in [0.2, 0.25) is 0 Å². The molecule has 1 atom stereocenters. The molecule has 8 nitrogen and oxygen atoms in total. The molecule has 2 aromatic carbocycles. The Labute approximate surface area is 212 Å². The maximum Gasteiger partial charge on any atom is 0.264 e. The molecule has 1 aromatic heterocycles. The number of aldehydes is 1. The van der Waals surface area contributed by atoms with Gasteiger partial charge in [-0.25, -0.2) is 18.1 Å². The summed E-state index contributed by atoms with van der Waals surface area (Å²) in [4.78, 5) is 22.3. The maximum absolute atomic E-state index is 13.1. The fraction of sp³-hybridized carbons (Fsp3) is 0.370. The van der Waals surface area contributed by atoms with Crippen molar-refractivity contribution in [3.63, 3.8) is 0 Å². The minimum absolute atomic E-state index is 0.0505. The van der Waals surface area contributed by atoms with E-state index in [2.05, 4.69) is 40.5 Å². The van der Waals surface area contributed by atoms with Crippen LogP contribution in [0.25, 0.3) is 11.3 Å². The van der Waals surface area contributed by atoms with Crippen molar-refractivity contribution >= 4 is 22.3 Å². The summed E-state index contributed by atoms with van der Waals surface area (Å²) in [6, 6.07) is 13.7. The standard InChI is InChI=1S/C27H32N4O4S/c1-18-8-6-9-19(2)25(18)23-13-24(35-16-21-14-27(3,4)17-31(21)5)29-26(28-23)30-36(33,34)22-11-7-10-20(12-22)15-32/h6-13,15,21H,14,16-17H2,1-5H3,(H,28,29,30). The third kappa shape index (κ3) is 5.74. The van der Waals surface area contributed by atoms with Gasteiger partial charge in [-0.15, -0.1) is 0 Å². The minimum atomic E-state index is -4.03. The Morgan fingerprint density at radius 3 is 2.44 bits per heavy atom. The Balaban J connectivity index is 1.69. The van der Waals surface area contributed by atoms with Crippen molar-refractivity contribution in [3.05, 3.63) is 65.2 Å². The van der Waals surface area contributed by atoms with Crippen molar-refractivity contribution < 1.29 is 17.9 Å². The van der Waals surface area contributed by atoms with E-state index in [1.807, 2.05) is 32.0 Å². The number of aryl methyl sites for hydroxylation is 2. The largest absolute Gasteiger partial charge is 0.476 e. The number of likely N-dealkylation sites (tertiary alicyclic amines) is 1. The summed E-state index contributed by atoms with van der Waals surface area (Å²) in [5, 5.41) is 0. The topological polar surface area (TPSA) is 101 Å². The van der Waals surface area contributed by atoms with E-state index < -0.39 is 10.0 Å². The van der Waals surface area contributed by atoms with Gasteiger partial charge in [-0.3, -0.25) is 9.69 Å². The lowest BCUT2D eigenvalue weighted by molar-refractivity contribution is 0.112. The van der Waals surface area contributed by atoms with E-state index in [-0.39, 0.29) is 27.9 Å². The summed E-state index contributed by atoms with van der Waals surface area (Å²) in [5.41, 5.74) is 3.93. The number of nitrogens with zero attached hydrogens (tertiary/aromatic N) is 3. The van der Waals surface area contributed by atoms with E-state index in [0.29, 0.717) is 24.5 Å². The molecule has 1 saturated heterocycles. The minimum Gasteiger partial charge on any atom is -0.476 e. The molecule has 1 aliphatic rings. The number of carbonyl (C=O) groups excluding carboxylic acids is 1. The molecule has 0 aliphatic carbocycles. The number of anilines is 1. The number of sulfonamides is 1.